The van der Waals surface area contributed by atoms with E-state index in [-0.39, 0.29) is 29.1 Å². The summed E-state index contributed by atoms with van der Waals surface area (Å²) in [5, 5.41) is 3.26. The number of amides is 2. The van der Waals surface area contributed by atoms with Crippen LogP contribution in [0.5, 0.6) is 5.75 Å². The van der Waals surface area contributed by atoms with E-state index in [4.69, 9.17) is 16.3 Å². The summed E-state index contributed by atoms with van der Waals surface area (Å²) >= 11 is 6.38. The maximum atomic E-state index is 13.9. The molecule has 2 amide bonds. The van der Waals surface area contributed by atoms with Crippen molar-refractivity contribution in [3.05, 3.63) is 89.4 Å². The summed E-state index contributed by atoms with van der Waals surface area (Å²) in [5.74, 6) is -0.345. The Morgan fingerprint density at radius 3 is 2.13 bits per heavy atom. The van der Waals surface area contributed by atoms with Crippen molar-refractivity contribution in [2.75, 3.05) is 17.5 Å². The average Bonchev–Trinajstić information content (AvgIpc) is 2.91. The summed E-state index contributed by atoms with van der Waals surface area (Å²) in [4.78, 5) is 28.2. The molecule has 0 heterocycles. The number of sulfonamides is 1. The minimum absolute atomic E-state index is 0.0215. The number of nitrogens with one attached hydrogen (secondary N) is 1. The molecule has 3 aromatic rings. The van der Waals surface area contributed by atoms with Crippen LogP contribution in [-0.2, 0) is 26.2 Å². The van der Waals surface area contributed by atoms with Crippen molar-refractivity contribution < 1.29 is 22.7 Å². The molecule has 0 radical (unpaired) electrons. The molecule has 208 valence electrons. The van der Waals surface area contributed by atoms with Crippen molar-refractivity contribution in [1.82, 2.24) is 10.2 Å². The molecule has 0 aliphatic heterocycles. The molecule has 0 saturated carbocycles. The molecule has 0 spiro atoms. The number of benzene rings is 3. The fraction of sp³-hybridized carbons (Fsp3) is 0.310. The SMILES string of the molecule is CCOc1ccc(N(CC(=O)N(Cc2ccccc2Cl)[C@H](C)C(=O)NC(C)C)S(=O)(=O)c2ccccc2)cc1. The fourth-order valence-corrected chi connectivity index (χ4v) is 5.55. The van der Waals surface area contributed by atoms with Gasteiger partial charge in [0.05, 0.1) is 17.2 Å². The van der Waals surface area contributed by atoms with E-state index < -0.39 is 28.5 Å². The second-order valence-corrected chi connectivity index (χ2v) is 11.5. The van der Waals surface area contributed by atoms with Crippen molar-refractivity contribution in [2.24, 2.45) is 0 Å². The van der Waals surface area contributed by atoms with Crippen LogP contribution >= 0.6 is 11.6 Å². The van der Waals surface area contributed by atoms with E-state index in [2.05, 4.69) is 5.32 Å². The van der Waals surface area contributed by atoms with E-state index in [0.29, 0.717) is 22.9 Å². The molecular weight excluding hydrogens is 538 g/mol. The Morgan fingerprint density at radius 1 is 0.923 bits per heavy atom. The quantitative estimate of drug-likeness (QED) is 0.334. The van der Waals surface area contributed by atoms with Gasteiger partial charge in [-0.3, -0.25) is 13.9 Å². The number of hydrogen-bond donors (Lipinski definition) is 1. The highest BCUT2D eigenvalue weighted by atomic mass is 35.5. The topological polar surface area (TPSA) is 96.0 Å². The van der Waals surface area contributed by atoms with Gasteiger partial charge < -0.3 is 15.0 Å². The van der Waals surface area contributed by atoms with Gasteiger partial charge in [-0.05, 0) is 75.7 Å². The zero-order valence-corrected chi connectivity index (χ0v) is 24.1. The van der Waals surface area contributed by atoms with Crippen LogP contribution in [-0.4, -0.2) is 50.4 Å². The van der Waals surface area contributed by atoms with Gasteiger partial charge >= 0.3 is 0 Å². The molecule has 0 unspecified atom stereocenters. The van der Waals surface area contributed by atoms with Crippen LogP contribution in [0.3, 0.4) is 0 Å². The summed E-state index contributed by atoms with van der Waals surface area (Å²) < 4.78 is 34.1. The van der Waals surface area contributed by atoms with E-state index in [9.17, 15) is 18.0 Å². The summed E-state index contributed by atoms with van der Waals surface area (Å²) in [5.41, 5.74) is 0.919. The van der Waals surface area contributed by atoms with Gasteiger partial charge in [0.2, 0.25) is 11.8 Å². The minimum atomic E-state index is -4.14. The molecule has 10 heteroatoms. The lowest BCUT2D eigenvalue weighted by molar-refractivity contribution is -0.139. The third-order valence-corrected chi connectivity index (χ3v) is 8.10. The number of halogens is 1. The summed E-state index contributed by atoms with van der Waals surface area (Å²) in [7, 11) is -4.14. The predicted octanol–water partition coefficient (Wildman–Crippen LogP) is 4.88. The first-order chi connectivity index (χ1) is 18.5. The second-order valence-electron chi connectivity index (χ2n) is 9.20. The lowest BCUT2D eigenvalue weighted by atomic mass is 10.1. The van der Waals surface area contributed by atoms with Crippen molar-refractivity contribution in [3.8, 4) is 5.75 Å². The smallest absolute Gasteiger partial charge is 0.264 e. The Hall–Kier alpha value is -3.56. The number of hydrogen-bond acceptors (Lipinski definition) is 5. The van der Waals surface area contributed by atoms with Crippen molar-refractivity contribution in [3.63, 3.8) is 0 Å². The number of nitrogens with zero attached hydrogens (tertiary/aromatic N) is 2. The normalized spacial score (nSPS) is 12.1. The van der Waals surface area contributed by atoms with Crippen molar-refractivity contribution >= 4 is 39.1 Å². The number of carbonyl (C=O) groups is 2. The van der Waals surface area contributed by atoms with Crippen molar-refractivity contribution in [2.45, 2.75) is 51.2 Å². The molecule has 1 N–H and O–H groups in total. The van der Waals surface area contributed by atoms with Gasteiger partial charge in [-0.25, -0.2) is 8.42 Å². The molecule has 3 aromatic carbocycles. The Morgan fingerprint density at radius 2 is 1.54 bits per heavy atom. The van der Waals surface area contributed by atoms with Gasteiger partial charge in [-0.2, -0.15) is 0 Å². The standard InChI is InChI=1S/C29H34ClN3O5S/c1-5-38-25-17-15-24(16-18-25)33(39(36,37)26-12-7-6-8-13-26)20-28(34)32(22(4)29(35)31-21(2)3)19-23-11-9-10-14-27(23)30/h6-18,21-22H,5,19-20H2,1-4H3,(H,31,35)/t22-/m1/s1. The lowest BCUT2D eigenvalue weighted by Crippen LogP contribution is -2.52. The van der Waals surface area contributed by atoms with Gasteiger partial charge in [0.15, 0.2) is 0 Å². The van der Waals surface area contributed by atoms with E-state index in [1.165, 1.54) is 17.0 Å². The van der Waals surface area contributed by atoms with Gasteiger partial charge in [0.25, 0.3) is 10.0 Å². The van der Waals surface area contributed by atoms with Crippen LogP contribution in [0.2, 0.25) is 5.02 Å². The third kappa shape index (κ3) is 7.74. The highest BCUT2D eigenvalue weighted by Gasteiger charge is 2.32. The zero-order chi connectivity index (χ0) is 28.6. The van der Waals surface area contributed by atoms with Crippen LogP contribution in [0.25, 0.3) is 0 Å². The first-order valence-electron chi connectivity index (χ1n) is 12.7. The largest absolute Gasteiger partial charge is 0.494 e. The molecular formula is C29H34ClN3O5S. The van der Waals surface area contributed by atoms with Crippen LogP contribution in [0, 0.1) is 0 Å². The molecule has 0 aliphatic rings. The number of rotatable bonds is 12. The van der Waals surface area contributed by atoms with E-state index in [1.807, 2.05) is 20.8 Å². The van der Waals surface area contributed by atoms with Crippen LogP contribution in [0.15, 0.2) is 83.8 Å². The van der Waals surface area contributed by atoms with Gasteiger partial charge in [-0.15, -0.1) is 0 Å². The molecule has 3 rings (SSSR count). The molecule has 0 saturated heterocycles. The fourth-order valence-electron chi connectivity index (χ4n) is 3.92. The van der Waals surface area contributed by atoms with E-state index in [0.717, 1.165) is 4.31 Å². The number of ether oxygens (including phenoxy) is 1. The summed E-state index contributed by atoms with van der Waals surface area (Å²) in [6.07, 6.45) is 0. The molecule has 1 atom stereocenters. The molecule has 39 heavy (non-hydrogen) atoms. The first kappa shape index (κ1) is 30.0. The van der Waals surface area contributed by atoms with Gasteiger partial charge in [0.1, 0.15) is 18.3 Å². The van der Waals surface area contributed by atoms with E-state index in [1.54, 1.807) is 73.7 Å². The molecule has 0 fully saturated rings. The Bertz CT molecular complexity index is 1370. The third-order valence-electron chi connectivity index (χ3n) is 5.94. The Labute approximate surface area is 235 Å². The van der Waals surface area contributed by atoms with Crippen LogP contribution in [0.1, 0.15) is 33.3 Å². The molecule has 0 bridgehead atoms. The van der Waals surface area contributed by atoms with Crippen LogP contribution in [0.4, 0.5) is 5.69 Å². The van der Waals surface area contributed by atoms with E-state index >= 15 is 0 Å². The predicted molar refractivity (Wildman–Crippen MR) is 153 cm³/mol. The Balaban J connectivity index is 2.03. The maximum Gasteiger partial charge on any atom is 0.264 e. The summed E-state index contributed by atoms with van der Waals surface area (Å²) in [6, 6.07) is 20.4. The maximum absolute atomic E-state index is 13.9. The monoisotopic (exact) mass is 571 g/mol. The molecule has 8 nitrogen and oxygen atoms in total. The lowest BCUT2D eigenvalue weighted by Gasteiger charge is -2.32. The number of carbonyl (C=O) groups excluding carboxylic acids is 2. The highest BCUT2D eigenvalue weighted by molar-refractivity contribution is 7.92. The Kier molecular flexibility index (Phi) is 10.4. The number of anilines is 1. The van der Waals surface area contributed by atoms with Gasteiger partial charge in [-0.1, -0.05) is 48.0 Å². The van der Waals surface area contributed by atoms with Crippen molar-refractivity contribution in [1.29, 1.82) is 0 Å². The average molecular weight is 572 g/mol. The minimum Gasteiger partial charge on any atom is -0.494 e. The summed E-state index contributed by atoms with van der Waals surface area (Å²) in [6.45, 7) is 7.05. The second kappa shape index (κ2) is 13.5. The molecule has 0 aromatic heterocycles. The molecule has 0 aliphatic carbocycles. The van der Waals surface area contributed by atoms with Gasteiger partial charge in [0, 0.05) is 17.6 Å². The highest BCUT2D eigenvalue weighted by Crippen LogP contribution is 2.27. The first-order valence-corrected chi connectivity index (χ1v) is 14.5. The zero-order valence-electron chi connectivity index (χ0n) is 22.5. The van der Waals surface area contributed by atoms with Crippen LogP contribution < -0.4 is 14.4 Å².